The fourth-order valence-corrected chi connectivity index (χ4v) is 5.49. The zero-order chi connectivity index (χ0) is 24.8. The number of rotatable bonds is 9. The molecule has 2 fully saturated rings. The van der Waals surface area contributed by atoms with Gasteiger partial charge in [-0.3, -0.25) is 9.59 Å². The number of anilines is 1. The number of fused-ring (bicyclic) bond motifs is 1. The predicted molar refractivity (Wildman–Crippen MR) is 139 cm³/mol. The van der Waals surface area contributed by atoms with Crippen LogP contribution in [0.25, 0.3) is 11.0 Å². The van der Waals surface area contributed by atoms with Crippen molar-refractivity contribution >= 4 is 28.5 Å². The van der Waals surface area contributed by atoms with E-state index in [0.29, 0.717) is 48.4 Å². The summed E-state index contributed by atoms with van der Waals surface area (Å²) in [7, 11) is 1.66. The summed E-state index contributed by atoms with van der Waals surface area (Å²) >= 11 is 0. The molecular weight excluding hydrogens is 442 g/mol. The molecule has 2 heterocycles. The Hall–Kier alpha value is -2.45. The highest BCUT2D eigenvalue weighted by Crippen LogP contribution is 2.28. The SMILES string of the molecule is COCCn1cnc2cc(NC(=O)C3CCCCC3)cc(C(=O)NC[C@H]3CCCN(C(C)C)C3)c21. The Balaban J connectivity index is 1.53. The van der Waals surface area contributed by atoms with E-state index in [4.69, 9.17) is 4.74 Å². The minimum absolute atomic E-state index is 0.0465. The van der Waals surface area contributed by atoms with E-state index in [-0.39, 0.29) is 17.7 Å². The number of aromatic nitrogens is 2. The molecular formula is C27H41N5O3. The number of likely N-dealkylation sites (tertiary alicyclic amines) is 1. The maximum Gasteiger partial charge on any atom is 0.253 e. The molecule has 0 radical (unpaired) electrons. The largest absolute Gasteiger partial charge is 0.383 e. The van der Waals surface area contributed by atoms with Crippen molar-refractivity contribution in [2.45, 2.75) is 71.4 Å². The third kappa shape index (κ3) is 6.41. The maximum atomic E-state index is 13.5. The number of methoxy groups -OCH3 is 1. The van der Waals surface area contributed by atoms with Crippen LogP contribution in [0.15, 0.2) is 18.5 Å². The molecule has 1 saturated heterocycles. The number of nitrogens with one attached hydrogen (secondary N) is 2. The Morgan fingerprint density at radius 2 is 1.94 bits per heavy atom. The number of carbonyl (C=O) groups is 2. The lowest BCUT2D eigenvalue weighted by Crippen LogP contribution is -2.43. The van der Waals surface area contributed by atoms with Gasteiger partial charge < -0.3 is 24.8 Å². The number of ether oxygens (including phenoxy) is 1. The van der Waals surface area contributed by atoms with Crippen molar-refractivity contribution in [2.24, 2.45) is 11.8 Å². The second kappa shape index (κ2) is 12.0. The van der Waals surface area contributed by atoms with E-state index in [9.17, 15) is 9.59 Å². The quantitative estimate of drug-likeness (QED) is 0.562. The van der Waals surface area contributed by atoms with E-state index >= 15 is 0 Å². The minimum atomic E-state index is -0.121. The molecule has 1 aliphatic carbocycles. The van der Waals surface area contributed by atoms with Gasteiger partial charge in [0.25, 0.3) is 5.91 Å². The first-order valence-corrected chi connectivity index (χ1v) is 13.3. The van der Waals surface area contributed by atoms with Gasteiger partial charge in [0, 0.05) is 44.4 Å². The zero-order valence-corrected chi connectivity index (χ0v) is 21.5. The van der Waals surface area contributed by atoms with Gasteiger partial charge in [-0.25, -0.2) is 4.98 Å². The van der Waals surface area contributed by atoms with Gasteiger partial charge in [-0.05, 0) is 64.1 Å². The fraction of sp³-hybridized carbons (Fsp3) is 0.667. The molecule has 35 heavy (non-hydrogen) atoms. The second-order valence-corrected chi connectivity index (χ2v) is 10.5. The molecule has 2 N–H and O–H groups in total. The van der Waals surface area contributed by atoms with Crippen LogP contribution in [0.4, 0.5) is 5.69 Å². The number of imidazole rings is 1. The van der Waals surface area contributed by atoms with Crippen LogP contribution in [-0.4, -0.2) is 65.7 Å². The predicted octanol–water partition coefficient (Wildman–Crippen LogP) is 4.05. The summed E-state index contributed by atoms with van der Waals surface area (Å²) in [6.45, 7) is 8.37. The molecule has 2 amide bonds. The molecule has 8 heteroatoms. The third-order valence-corrected chi connectivity index (χ3v) is 7.57. The maximum absolute atomic E-state index is 13.5. The van der Waals surface area contributed by atoms with Gasteiger partial charge >= 0.3 is 0 Å². The van der Waals surface area contributed by atoms with Gasteiger partial charge in [0.2, 0.25) is 5.91 Å². The average Bonchev–Trinajstić information content (AvgIpc) is 3.29. The van der Waals surface area contributed by atoms with Gasteiger partial charge in [0.15, 0.2) is 0 Å². The summed E-state index contributed by atoms with van der Waals surface area (Å²) in [6, 6.07) is 4.20. The highest BCUT2D eigenvalue weighted by atomic mass is 16.5. The second-order valence-electron chi connectivity index (χ2n) is 10.5. The normalized spacial score (nSPS) is 19.8. The van der Waals surface area contributed by atoms with Gasteiger partial charge in [-0.1, -0.05) is 19.3 Å². The molecule has 2 aliphatic rings. The van der Waals surface area contributed by atoms with Crippen molar-refractivity contribution < 1.29 is 14.3 Å². The van der Waals surface area contributed by atoms with Crippen LogP contribution in [0.1, 0.15) is 69.2 Å². The van der Waals surface area contributed by atoms with E-state index in [1.807, 2.05) is 16.7 Å². The van der Waals surface area contributed by atoms with Crippen LogP contribution in [0, 0.1) is 11.8 Å². The molecule has 1 aromatic carbocycles. The van der Waals surface area contributed by atoms with Crippen molar-refractivity contribution in [3.8, 4) is 0 Å². The third-order valence-electron chi connectivity index (χ3n) is 7.57. The van der Waals surface area contributed by atoms with Crippen LogP contribution in [-0.2, 0) is 16.1 Å². The van der Waals surface area contributed by atoms with E-state index in [1.54, 1.807) is 13.4 Å². The lowest BCUT2D eigenvalue weighted by molar-refractivity contribution is -0.120. The standard InChI is InChI=1S/C27H41N5O3/c1-19(2)31-11-7-8-20(17-31)16-28-27(34)23-14-22(30-26(33)21-9-5-4-6-10-21)15-24-25(23)32(18-29-24)12-13-35-3/h14-15,18-21H,4-13,16-17H2,1-3H3,(H,28,34)(H,30,33)/t20-/m1/s1. The lowest BCUT2D eigenvalue weighted by Gasteiger charge is -2.35. The van der Waals surface area contributed by atoms with Gasteiger partial charge in [0.05, 0.1) is 29.5 Å². The molecule has 1 saturated carbocycles. The topological polar surface area (TPSA) is 88.5 Å². The van der Waals surface area contributed by atoms with Crippen LogP contribution in [0.3, 0.4) is 0 Å². The first kappa shape index (κ1) is 25.6. The monoisotopic (exact) mass is 483 g/mol. The van der Waals surface area contributed by atoms with E-state index < -0.39 is 0 Å². The Labute approximate surface area is 208 Å². The first-order chi connectivity index (χ1) is 17.0. The highest BCUT2D eigenvalue weighted by Gasteiger charge is 2.25. The summed E-state index contributed by atoms with van der Waals surface area (Å²) in [5.74, 6) is 0.416. The molecule has 0 unspecified atom stereocenters. The number of carbonyl (C=O) groups excluding carboxylic acids is 2. The number of hydrogen-bond acceptors (Lipinski definition) is 5. The fourth-order valence-electron chi connectivity index (χ4n) is 5.49. The number of piperidine rings is 1. The summed E-state index contributed by atoms with van der Waals surface area (Å²) in [5, 5.41) is 6.26. The first-order valence-electron chi connectivity index (χ1n) is 13.3. The molecule has 1 atom stereocenters. The van der Waals surface area contributed by atoms with Gasteiger partial charge in [-0.2, -0.15) is 0 Å². The lowest BCUT2D eigenvalue weighted by atomic mass is 9.88. The Bertz CT molecular complexity index is 1010. The van der Waals surface area contributed by atoms with Gasteiger partial charge in [0.1, 0.15) is 0 Å². The van der Waals surface area contributed by atoms with Crippen LogP contribution < -0.4 is 10.6 Å². The molecule has 4 rings (SSSR count). The van der Waals surface area contributed by atoms with E-state index in [0.717, 1.165) is 57.1 Å². The summed E-state index contributed by atoms with van der Waals surface area (Å²) in [4.78, 5) is 33.4. The van der Waals surface area contributed by atoms with Crippen molar-refractivity contribution in [3.63, 3.8) is 0 Å². The minimum Gasteiger partial charge on any atom is -0.383 e. The van der Waals surface area contributed by atoms with Crippen molar-refractivity contribution in [2.75, 3.05) is 38.7 Å². The molecule has 0 spiro atoms. The number of nitrogens with zero attached hydrogens (tertiary/aromatic N) is 3. The Morgan fingerprint density at radius 1 is 1.14 bits per heavy atom. The van der Waals surface area contributed by atoms with Crippen LogP contribution in [0.2, 0.25) is 0 Å². The van der Waals surface area contributed by atoms with E-state index in [2.05, 4.69) is 34.4 Å². The van der Waals surface area contributed by atoms with Crippen LogP contribution >= 0.6 is 0 Å². The molecule has 0 bridgehead atoms. The zero-order valence-electron chi connectivity index (χ0n) is 21.5. The molecule has 1 aliphatic heterocycles. The number of amides is 2. The molecule has 192 valence electrons. The van der Waals surface area contributed by atoms with Gasteiger partial charge in [-0.15, -0.1) is 0 Å². The number of hydrogen-bond donors (Lipinski definition) is 2. The van der Waals surface area contributed by atoms with Crippen molar-refractivity contribution in [1.82, 2.24) is 19.8 Å². The number of benzene rings is 1. The van der Waals surface area contributed by atoms with E-state index in [1.165, 1.54) is 6.42 Å². The molecule has 1 aromatic heterocycles. The smallest absolute Gasteiger partial charge is 0.253 e. The van der Waals surface area contributed by atoms with Crippen LogP contribution in [0.5, 0.6) is 0 Å². The Morgan fingerprint density at radius 3 is 2.69 bits per heavy atom. The molecule has 2 aromatic rings. The van der Waals surface area contributed by atoms with Crippen molar-refractivity contribution in [3.05, 3.63) is 24.0 Å². The summed E-state index contributed by atoms with van der Waals surface area (Å²) in [5.41, 5.74) is 2.67. The highest BCUT2D eigenvalue weighted by molar-refractivity contribution is 6.07. The van der Waals surface area contributed by atoms with Crippen molar-refractivity contribution in [1.29, 1.82) is 0 Å². The average molecular weight is 484 g/mol. The summed E-state index contributed by atoms with van der Waals surface area (Å²) in [6.07, 6.45) is 9.30. The Kier molecular flexibility index (Phi) is 8.78. The summed E-state index contributed by atoms with van der Waals surface area (Å²) < 4.78 is 7.21. The molecule has 8 nitrogen and oxygen atoms in total.